The minimum absolute atomic E-state index is 0.0340. The molecule has 0 spiro atoms. The molecule has 0 radical (unpaired) electrons. The Balaban J connectivity index is 2.09. The Kier molecular flexibility index (Phi) is 7.21. The van der Waals surface area contributed by atoms with Gasteiger partial charge in [-0.25, -0.2) is 0 Å². The van der Waals surface area contributed by atoms with E-state index in [4.69, 9.17) is 23.2 Å². The molecule has 0 heterocycles. The van der Waals surface area contributed by atoms with E-state index in [-0.39, 0.29) is 24.1 Å². The van der Waals surface area contributed by atoms with Gasteiger partial charge in [0, 0.05) is 24.6 Å². The molecule has 0 aliphatic heterocycles. The van der Waals surface area contributed by atoms with Crippen molar-refractivity contribution in [1.82, 2.24) is 5.32 Å². The zero-order chi connectivity index (χ0) is 20.0. The van der Waals surface area contributed by atoms with E-state index in [0.29, 0.717) is 21.4 Å². The van der Waals surface area contributed by atoms with Crippen LogP contribution in [0.5, 0.6) is 0 Å². The molecule has 8 heteroatoms. The van der Waals surface area contributed by atoms with E-state index in [1.807, 2.05) is 0 Å². The number of halogens is 2. The first kappa shape index (κ1) is 20.7. The van der Waals surface area contributed by atoms with Gasteiger partial charge < -0.3 is 16.0 Å². The summed E-state index contributed by atoms with van der Waals surface area (Å²) < 4.78 is 0. The Morgan fingerprint density at radius 3 is 2.15 bits per heavy atom. The van der Waals surface area contributed by atoms with E-state index in [1.165, 1.54) is 13.8 Å². The molecule has 142 valence electrons. The van der Waals surface area contributed by atoms with Crippen LogP contribution in [0.2, 0.25) is 10.0 Å². The highest BCUT2D eigenvalue weighted by molar-refractivity contribution is 6.34. The molecule has 2 aromatic rings. The molecule has 3 N–H and O–H groups in total. The number of nitrogens with one attached hydrogen (secondary N) is 3. The second kappa shape index (κ2) is 9.39. The summed E-state index contributed by atoms with van der Waals surface area (Å²) in [5.41, 5.74) is 1.71. The highest BCUT2D eigenvalue weighted by atomic mass is 35.5. The summed E-state index contributed by atoms with van der Waals surface area (Å²) in [7, 11) is 0. The van der Waals surface area contributed by atoms with Crippen LogP contribution in [0.4, 0.5) is 11.4 Å². The van der Waals surface area contributed by atoms with Crippen LogP contribution in [-0.2, 0) is 14.4 Å². The maximum Gasteiger partial charge on any atom is 0.226 e. The molecule has 1 atom stereocenters. The largest absolute Gasteiger partial charge is 0.349 e. The molecule has 2 aromatic carbocycles. The van der Waals surface area contributed by atoms with Crippen molar-refractivity contribution in [3.63, 3.8) is 0 Å². The maximum atomic E-state index is 12.4. The predicted octanol–water partition coefficient (Wildman–Crippen LogP) is 4.16. The predicted molar refractivity (Wildman–Crippen MR) is 107 cm³/mol. The van der Waals surface area contributed by atoms with E-state index >= 15 is 0 Å². The van der Waals surface area contributed by atoms with Gasteiger partial charge in [-0.3, -0.25) is 14.4 Å². The topological polar surface area (TPSA) is 87.3 Å². The average Bonchev–Trinajstić information content (AvgIpc) is 2.56. The van der Waals surface area contributed by atoms with E-state index in [1.54, 1.807) is 42.5 Å². The SMILES string of the molecule is CC(=O)Nc1ccc(NC(=O)CC(NC(C)=O)c2ccc(Cl)cc2)cc1Cl. The Morgan fingerprint density at radius 1 is 0.926 bits per heavy atom. The molecule has 1 unspecified atom stereocenters. The second-order valence-corrected chi connectivity index (χ2v) is 6.78. The van der Waals surface area contributed by atoms with Gasteiger partial charge in [-0.15, -0.1) is 0 Å². The van der Waals surface area contributed by atoms with Crippen molar-refractivity contribution < 1.29 is 14.4 Å². The van der Waals surface area contributed by atoms with E-state index in [0.717, 1.165) is 5.56 Å². The molecule has 0 aliphatic rings. The Morgan fingerprint density at radius 2 is 1.59 bits per heavy atom. The fraction of sp³-hybridized carbons (Fsp3) is 0.211. The molecule has 6 nitrogen and oxygen atoms in total. The van der Waals surface area contributed by atoms with Crippen LogP contribution in [0.3, 0.4) is 0 Å². The van der Waals surface area contributed by atoms with Crippen molar-refractivity contribution in [2.45, 2.75) is 26.3 Å². The average molecular weight is 408 g/mol. The van der Waals surface area contributed by atoms with Gasteiger partial charge in [0.25, 0.3) is 0 Å². The lowest BCUT2D eigenvalue weighted by molar-refractivity contribution is -0.120. The molecule has 27 heavy (non-hydrogen) atoms. The van der Waals surface area contributed by atoms with Crippen LogP contribution in [-0.4, -0.2) is 17.7 Å². The molecule has 2 rings (SSSR count). The number of rotatable bonds is 6. The number of carbonyl (C=O) groups excluding carboxylic acids is 3. The van der Waals surface area contributed by atoms with Crippen LogP contribution >= 0.6 is 23.2 Å². The summed E-state index contributed by atoms with van der Waals surface area (Å²) in [6.45, 7) is 2.77. The first-order chi connectivity index (χ1) is 12.7. The van der Waals surface area contributed by atoms with Gasteiger partial charge in [0.2, 0.25) is 17.7 Å². The summed E-state index contributed by atoms with van der Waals surface area (Å²) in [6.07, 6.45) is 0.0340. The first-order valence-electron chi connectivity index (χ1n) is 8.14. The third-order valence-electron chi connectivity index (χ3n) is 3.60. The lowest BCUT2D eigenvalue weighted by Crippen LogP contribution is -2.29. The van der Waals surface area contributed by atoms with Crippen LogP contribution in [0.25, 0.3) is 0 Å². The summed E-state index contributed by atoms with van der Waals surface area (Å²) in [5, 5.41) is 8.96. The fourth-order valence-corrected chi connectivity index (χ4v) is 2.83. The third kappa shape index (κ3) is 6.58. The highest BCUT2D eigenvalue weighted by Gasteiger charge is 2.17. The quantitative estimate of drug-likeness (QED) is 0.671. The normalized spacial score (nSPS) is 11.4. The molecule has 0 saturated carbocycles. The molecular weight excluding hydrogens is 389 g/mol. The summed E-state index contributed by atoms with van der Waals surface area (Å²) in [5.74, 6) is -0.785. The minimum Gasteiger partial charge on any atom is -0.349 e. The minimum atomic E-state index is -0.492. The van der Waals surface area contributed by atoms with E-state index in [2.05, 4.69) is 16.0 Å². The molecule has 0 bridgehead atoms. The maximum absolute atomic E-state index is 12.4. The van der Waals surface area contributed by atoms with Crippen molar-refractivity contribution in [3.05, 3.63) is 58.1 Å². The highest BCUT2D eigenvalue weighted by Crippen LogP contribution is 2.26. The second-order valence-electron chi connectivity index (χ2n) is 5.93. The van der Waals surface area contributed by atoms with Crippen molar-refractivity contribution >= 4 is 52.3 Å². The standard InChI is InChI=1S/C19H19Cl2N3O3/c1-11(25)22-17-8-7-15(9-16(17)21)24-19(27)10-18(23-12(2)26)13-3-5-14(20)6-4-13/h3-9,18H,10H2,1-2H3,(H,22,25)(H,23,26)(H,24,27). The number of carbonyl (C=O) groups is 3. The van der Waals surface area contributed by atoms with Crippen LogP contribution in [0.15, 0.2) is 42.5 Å². The summed E-state index contributed by atoms with van der Waals surface area (Å²) >= 11 is 12.0. The fourth-order valence-electron chi connectivity index (χ4n) is 2.47. The van der Waals surface area contributed by atoms with Crippen LogP contribution in [0.1, 0.15) is 31.9 Å². The zero-order valence-electron chi connectivity index (χ0n) is 14.8. The molecule has 0 aromatic heterocycles. The van der Waals surface area contributed by atoms with Gasteiger partial charge in [-0.05, 0) is 35.9 Å². The number of amides is 3. The third-order valence-corrected chi connectivity index (χ3v) is 4.17. The molecule has 3 amide bonds. The molecule has 0 aliphatic carbocycles. The monoisotopic (exact) mass is 407 g/mol. The molecule has 0 fully saturated rings. The smallest absolute Gasteiger partial charge is 0.226 e. The molecule has 0 saturated heterocycles. The number of hydrogen-bond donors (Lipinski definition) is 3. The zero-order valence-corrected chi connectivity index (χ0v) is 16.3. The number of benzene rings is 2. The van der Waals surface area contributed by atoms with Gasteiger partial charge in [0.1, 0.15) is 0 Å². The van der Waals surface area contributed by atoms with Crippen molar-refractivity contribution in [3.8, 4) is 0 Å². The Labute approximate surface area is 167 Å². The van der Waals surface area contributed by atoms with Crippen molar-refractivity contribution in [2.24, 2.45) is 0 Å². The first-order valence-corrected chi connectivity index (χ1v) is 8.89. The summed E-state index contributed by atoms with van der Waals surface area (Å²) in [6, 6.07) is 11.2. The van der Waals surface area contributed by atoms with E-state index in [9.17, 15) is 14.4 Å². The van der Waals surface area contributed by atoms with Gasteiger partial charge >= 0.3 is 0 Å². The van der Waals surface area contributed by atoms with Gasteiger partial charge in [0.15, 0.2) is 0 Å². The van der Waals surface area contributed by atoms with Gasteiger partial charge in [-0.2, -0.15) is 0 Å². The van der Waals surface area contributed by atoms with Crippen LogP contribution < -0.4 is 16.0 Å². The van der Waals surface area contributed by atoms with Crippen LogP contribution in [0, 0.1) is 0 Å². The van der Waals surface area contributed by atoms with Crippen molar-refractivity contribution in [1.29, 1.82) is 0 Å². The summed E-state index contributed by atoms with van der Waals surface area (Å²) in [4.78, 5) is 35.0. The lowest BCUT2D eigenvalue weighted by atomic mass is 10.0. The lowest BCUT2D eigenvalue weighted by Gasteiger charge is -2.18. The number of anilines is 2. The number of hydrogen-bond acceptors (Lipinski definition) is 3. The molecular formula is C19H19Cl2N3O3. The van der Waals surface area contributed by atoms with Gasteiger partial charge in [-0.1, -0.05) is 35.3 Å². The van der Waals surface area contributed by atoms with E-state index < -0.39 is 6.04 Å². The van der Waals surface area contributed by atoms with Crippen molar-refractivity contribution in [2.75, 3.05) is 10.6 Å². The van der Waals surface area contributed by atoms with Gasteiger partial charge in [0.05, 0.1) is 23.2 Å². The Bertz CT molecular complexity index is 854. The Hall–Kier alpha value is -2.57.